The molecule has 266 valence electrons. The summed E-state index contributed by atoms with van der Waals surface area (Å²) in [5.74, 6) is -0.652. The molecule has 1 aliphatic heterocycles. The van der Waals surface area contributed by atoms with E-state index in [4.69, 9.17) is 0 Å². The first-order valence-electron chi connectivity index (χ1n) is 17.1. The molecule has 0 bridgehead atoms. The van der Waals surface area contributed by atoms with E-state index in [9.17, 15) is 22.6 Å². The number of fused-ring (bicyclic) bond motifs is 1. The average molecular weight is 698 g/mol. The van der Waals surface area contributed by atoms with Gasteiger partial charge in [0.2, 0.25) is 5.91 Å². The highest BCUT2D eigenvalue weighted by atomic mass is 32.2. The van der Waals surface area contributed by atoms with Gasteiger partial charge in [0.1, 0.15) is 0 Å². The van der Waals surface area contributed by atoms with E-state index in [-0.39, 0.29) is 34.3 Å². The van der Waals surface area contributed by atoms with E-state index in [1.807, 2.05) is 36.4 Å². The number of rotatable bonds is 14. The third kappa shape index (κ3) is 9.61. The first-order valence-corrected chi connectivity index (χ1v) is 18.7. The van der Waals surface area contributed by atoms with Crippen molar-refractivity contribution in [1.82, 2.24) is 10.6 Å². The van der Waals surface area contributed by atoms with Crippen molar-refractivity contribution in [1.29, 1.82) is 0 Å². The molecule has 4 rings (SSSR count). The van der Waals surface area contributed by atoms with Crippen LogP contribution in [-0.4, -0.2) is 50.7 Å². The second kappa shape index (κ2) is 16.0. The van der Waals surface area contributed by atoms with Gasteiger partial charge in [-0.2, -0.15) is 8.42 Å². The lowest BCUT2D eigenvalue weighted by Gasteiger charge is -2.34. The van der Waals surface area contributed by atoms with Gasteiger partial charge in [0.05, 0.1) is 5.75 Å². The van der Waals surface area contributed by atoms with E-state index in [2.05, 4.69) is 112 Å². The minimum absolute atomic E-state index is 0.00466. The summed E-state index contributed by atoms with van der Waals surface area (Å²) in [5, 5.41) is 5.69. The van der Waals surface area contributed by atoms with E-state index in [0.717, 1.165) is 22.4 Å². The lowest BCUT2D eigenvalue weighted by molar-refractivity contribution is -0.117. The van der Waals surface area contributed by atoms with Crippen molar-refractivity contribution in [2.24, 2.45) is 11.3 Å². The molecular formula is C41H51N3O5S. The number of hydrogen-bond acceptors (Lipinski definition) is 5. The van der Waals surface area contributed by atoms with E-state index in [0.29, 0.717) is 43.5 Å². The number of nitrogens with one attached hydrogen (secondary N) is 2. The summed E-state index contributed by atoms with van der Waals surface area (Å²) in [6, 6.07) is 16.0. The lowest BCUT2D eigenvalue weighted by Crippen LogP contribution is -2.30. The van der Waals surface area contributed by atoms with Crippen molar-refractivity contribution in [3.8, 4) is 0 Å². The van der Waals surface area contributed by atoms with Crippen LogP contribution in [0, 0.1) is 11.3 Å². The Morgan fingerprint density at radius 1 is 0.980 bits per heavy atom. The number of carbonyl (C=O) groups is 2. The number of carbonyl (C=O) groups excluding carboxylic acids is 2. The predicted molar refractivity (Wildman–Crippen MR) is 204 cm³/mol. The van der Waals surface area contributed by atoms with Crippen LogP contribution in [0.25, 0.3) is 5.57 Å². The number of likely N-dealkylation sites (N-methyl/N-ethyl adjacent to an activating group) is 1. The monoisotopic (exact) mass is 697 g/mol. The van der Waals surface area contributed by atoms with Gasteiger partial charge in [-0.1, -0.05) is 107 Å². The quantitative estimate of drug-likeness (QED) is 0.0813. The molecule has 9 heteroatoms. The Kier molecular flexibility index (Phi) is 12.3. The second-order valence-electron chi connectivity index (χ2n) is 14.2. The molecule has 0 fully saturated rings. The van der Waals surface area contributed by atoms with Crippen molar-refractivity contribution in [2.45, 2.75) is 59.3 Å². The predicted octanol–water partition coefficient (Wildman–Crippen LogP) is 7.56. The molecule has 1 unspecified atom stereocenters. The van der Waals surface area contributed by atoms with Gasteiger partial charge in [0.15, 0.2) is 0 Å². The normalized spacial score (nSPS) is 19.0. The Morgan fingerprint density at radius 2 is 1.64 bits per heavy atom. The van der Waals surface area contributed by atoms with Crippen molar-refractivity contribution in [3.05, 3.63) is 131 Å². The first-order chi connectivity index (χ1) is 23.5. The molecular weight excluding hydrogens is 647 g/mol. The number of benzene rings is 2. The van der Waals surface area contributed by atoms with Gasteiger partial charge >= 0.3 is 0 Å². The summed E-state index contributed by atoms with van der Waals surface area (Å²) in [4.78, 5) is 26.8. The van der Waals surface area contributed by atoms with Gasteiger partial charge in [-0.25, -0.2) is 0 Å². The summed E-state index contributed by atoms with van der Waals surface area (Å²) >= 11 is 0. The molecule has 2 aromatic rings. The highest BCUT2D eigenvalue weighted by molar-refractivity contribution is 7.85. The van der Waals surface area contributed by atoms with Gasteiger partial charge in [-0.15, -0.1) is 0 Å². The van der Waals surface area contributed by atoms with Crippen LogP contribution >= 0.6 is 0 Å². The number of para-hydroxylation sites is 1. The standard InChI is InChI=1S/C41H51N3O5S/c1-29(2)38(45)42-26-12-27-43-39(46)33-19-17-30(18-20-33)31(22-24-37-41(5,6)35-15-8-9-16-36(35)44(37)7)21-23-34-32(13-10-25-40(34,3)4)14-11-28-50(47,48)49/h8-10,13,15-25,34H,1,11-12,14,26-28H2,2-7H3,(H,42,45)(H,43,46)(H,47,48,49)/b23-21+,31-22-,37-24-. The Balaban J connectivity index is 1.62. The van der Waals surface area contributed by atoms with Crippen LogP contribution in [0.5, 0.6) is 0 Å². The van der Waals surface area contributed by atoms with Crippen LogP contribution < -0.4 is 15.5 Å². The van der Waals surface area contributed by atoms with Crippen molar-refractivity contribution >= 4 is 33.2 Å². The van der Waals surface area contributed by atoms with Gasteiger partial charge in [0, 0.05) is 54.0 Å². The third-order valence-corrected chi connectivity index (χ3v) is 10.3. The molecule has 1 atom stereocenters. The lowest BCUT2D eigenvalue weighted by atomic mass is 9.70. The van der Waals surface area contributed by atoms with Crippen molar-refractivity contribution in [3.63, 3.8) is 0 Å². The highest BCUT2D eigenvalue weighted by Gasteiger charge is 2.37. The van der Waals surface area contributed by atoms with Gasteiger partial charge < -0.3 is 15.5 Å². The summed E-state index contributed by atoms with van der Waals surface area (Å²) in [6.07, 6.45) is 16.3. The topological polar surface area (TPSA) is 116 Å². The molecule has 0 aromatic heterocycles. The van der Waals surface area contributed by atoms with Crippen LogP contribution in [0.1, 0.15) is 75.4 Å². The maximum absolute atomic E-state index is 12.9. The van der Waals surface area contributed by atoms with Crippen molar-refractivity contribution < 1.29 is 22.6 Å². The number of amides is 2. The number of anilines is 1. The fraction of sp³-hybridized carbons (Fsp3) is 0.366. The fourth-order valence-electron chi connectivity index (χ4n) is 6.65. The molecule has 0 radical (unpaired) electrons. The minimum Gasteiger partial charge on any atom is -0.352 e. The van der Waals surface area contributed by atoms with Gasteiger partial charge in [-0.3, -0.25) is 14.1 Å². The summed E-state index contributed by atoms with van der Waals surface area (Å²) < 4.78 is 32.1. The smallest absolute Gasteiger partial charge is 0.264 e. The molecule has 2 amide bonds. The maximum Gasteiger partial charge on any atom is 0.264 e. The van der Waals surface area contributed by atoms with E-state index >= 15 is 0 Å². The summed E-state index contributed by atoms with van der Waals surface area (Å²) in [6.45, 7) is 14.9. The van der Waals surface area contributed by atoms with E-state index in [1.54, 1.807) is 6.92 Å². The molecule has 2 aliphatic rings. The Hall–Kier alpha value is -4.47. The Morgan fingerprint density at radius 3 is 2.30 bits per heavy atom. The molecule has 0 saturated carbocycles. The SMILES string of the molecule is C=C(C)C(=O)NCCCNC(=O)c1ccc(C(=C\C=C2/N(C)c3ccccc3C2(C)C)/C=C/C2C(CCCS(=O)(=O)O)=CC=CC2(C)C)cc1. The largest absolute Gasteiger partial charge is 0.352 e. The summed E-state index contributed by atoms with van der Waals surface area (Å²) in [7, 11) is -1.95. The van der Waals surface area contributed by atoms with Crippen molar-refractivity contribution in [2.75, 3.05) is 30.8 Å². The van der Waals surface area contributed by atoms with Crippen LogP contribution in [0.15, 0.2) is 114 Å². The van der Waals surface area contributed by atoms with Crippen LogP contribution in [0.3, 0.4) is 0 Å². The van der Waals surface area contributed by atoms with Crippen LogP contribution in [0.2, 0.25) is 0 Å². The minimum atomic E-state index is -4.04. The van der Waals surface area contributed by atoms with Crippen LogP contribution in [0.4, 0.5) is 5.69 Å². The molecule has 2 aromatic carbocycles. The van der Waals surface area contributed by atoms with Gasteiger partial charge in [0.25, 0.3) is 16.0 Å². The number of allylic oxidation sites excluding steroid dienone is 10. The Labute approximate surface area is 298 Å². The molecule has 50 heavy (non-hydrogen) atoms. The zero-order valence-electron chi connectivity index (χ0n) is 30.1. The van der Waals surface area contributed by atoms with E-state index in [1.165, 1.54) is 11.3 Å². The molecule has 1 heterocycles. The maximum atomic E-state index is 12.9. The molecule has 8 nitrogen and oxygen atoms in total. The number of hydrogen-bond donors (Lipinski definition) is 3. The fourth-order valence-corrected chi connectivity index (χ4v) is 7.16. The molecule has 1 aliphatic carbocycles. The molecule has 3 N–H and O–H groups in total. The average Bonchev–Trinajstić information content (AvgIpc) is 3.24. The first kappa shape index (κ1) is 38.3. The summed E-state index contributed by atoms with van der Waals surface area (Å²) in [5.41, 5.74) is 7.18. The van der Waals surface area contributed by atoms with Crippen LogP contribution in [-0.2, 0) is 20.3 Å². The highest BCUT2D eigenvalue weighted by Crippen LogP contribution is 2.47. The van der Waals surface area contributed by atoms with Gasteiger partial charge in [-0.05, 0) is 72.6 Å². The molecule has 0 saturated heterocycles. The molecule has 0 spiro atoms. The third-order valence-electron chi connectivity index (χ3n) is 9.53. The van der Waals surface area contributed by atoms with E-state index < -0.39 is 10.1 Å². The Bertz CT molecular complexity index is 1860. The zero-order valence-corrected chi connectivity index (χ0v) is 30.9. The second-order valence-corrected chi connectivity index (χ2v) is 15.8. The zero-order chi connectivity index (χ0) is 36.7. The number of nitrogens with zero attached hydrogens (tertiary/aromatic N) is 1.